The molecule has 1 atom stereocenters. The van der Waals surface area contributed by atoms with Crippen LogP contribution in [0.1, 0.15) is 32.6 Å². The topological polar surface area (TPSA) is 21.3 Å². The van der Waals surface area contributed by atoms with Gasteiger partial charge in [-0.1, -0.05) is 6.92 Å². The van der Waals surface area contributed by atoms with Crippen molar-refractivity contribution >= 4 is 0 Å². The van der Waals surface area contributed by atoms with Crippen molar-refractivity contribution in [2.75, 3.05) is 19.8 Å². The standard InChI is InChI=1S/C13H21F6NO/c1-2-5-20-10(8-9-3-6-21-7-4-9)11(12(14,15)16)13(17,18)19/h9-11,20H,2-8H2,1H3. The molecule has 8 heteroatoms. The van der Waals surface area contributed by atoms with E-state index in [1.54, 1.807) is 6.92 Å². The third kappa shape index (κ3) is 6.02. The van der Waals surface area contributed by atoms with Gasteiger partial charge in [-0.25, -0.2) is 0 Å². The zero-order chi connectivity index (χ0) is 16.1. The second kappa shape index (κ2) is 7.67. The van der Waals surface area contributed by atoms with Gasteiger partial charge >= 0.3 is 12.4 Å². The smallest absolute Gasteiger partial charge is 0.381 e. The molecule has 0 aromatic rings. The van der Waals surface area contributed by atoms with Crippen LogP contribution in [0.3, 0.4) is 0 Å². The fraction of sp³-hybridized carbons (Fsp3) is 1.00. The van der Waals surface area contributed by atoms with Crippen LogP contribution in [-0.2, 0) is 4.74 Å². The molecule has 1 N–H and O–H groups in total. The average molecular weight is 321 g/mol. The number of halogens is 6. The highest BCUT2D eigenvalue weighted by Gasteiger charge is 2.60. The van der Waals surface area contributed by atoms with Gasteiger partial charge in [0.1, 0.15) is 0 Å². The lowest BCUT2D eigenvalue weighted by molar-refractivity contribution is -0.292. The third-order valence-electron chi connectivity index (χ3n) is 3.69. The lowest BCUT2D eigenvalue weighted by atomic mass is 9.85. The maximum Gasteiger partial charge on any atom is 0.401 e. The van der Waals surface area contributed by atoms with Gasteiger partial charge < -0.3 is 10.1 Å². The van der Waals surface area contributed by atoms with Crippen molar-refractivity contribution in [2.24, 2.45) is 11.8 Å². The molecule has 1 heterocycles. The number of ether oxygens (including phenoxy) is 1. The van der Waals surface area contributed by atoms with Crippen molar-refractivity contribution in [1.82, 2.24) is 5.32 Å². The van der Waals surface area contributed by atoms with Crippen LogP contribution in [0.15, 0.2) is 0 Å². The Hall–Kier alpha value is -0.500. The molecule has 0 bridgehead atoms. The highest BCUT2D eigenvalue weighted by molar-refractivity contribution is 4.89. The monoisotopic (exact) mass is 321 g/mol. The zero-order valence-corrected chi connectivity index (χ0v) is 11.9. The average Bonchev–Trinajstić information content (AvgIpc) is 2.33. The first kappa shape index (κ1) is 18.5. The van der Waals surface area contributed by atoms with Crippen molar-refractivity contribution in [2.45, 2.75) is 51.0 Å². The van der Waals surface area contributed by atoms with E-state index in [1.165, 1.54) is 0 Å². The van der Waals surface area contributed by atoms with E-state index in [9.17, 15) is 26.3 Å². The Morgan fingerprint density at radius 2 is 1.57 bits per heavy atom. The molecule has 0 saturated carbocycles. The van der Waals surface area contributed by atoms with E-state index in [1.807, 2.05) is 0 Å². The van der Waals surface area contributed by atoms with Gasteiger partial charge in [-0.3, -0.25) is 0 Å². The maximum atomic E-state index is 12.9. The Morgan fingerprint density at radius 1 is 1.05 bits per heavy atom. The summed E-state index contributed by atoms with van der Waals surface area (Å²) in [5.74, 6) is -3.49. The van der Waals surface area contributed by atoms with E-state index in [2.05, 4.69) is 5.32 Å². The first-order chi connectivity index (χ1) is 9.66. The number of hydrogen-bond donors (Lipinski definition) is 1. The van der Waals surface area contributed by atoms with Crippen LogP contribution in [0.25, 0.3) is 0 Å². The SMILES string of the molecule is CCCNC(CC1CCOCC1)C(C(F)(F)F)C(F)(F)F. The van der Waals surface area contributed by atoms with Crippen molar-refractivity contribution < 1.29 is 31.1 Å². The van der Waals surface area contributed by atoms with Crippen LogP contribution in [0.2, 0.25) is 0 Å². The highest BCUT2D eigenvalue weighted by Crippen LogP contribution is 2.43. The van der Waals surface area contributed by atoms with Gasteiger partial charge in [-0.2, -0.15) is 26.3 Å². The van der Waals surface area contributed by atoms with Crippen molar-refractivity contribution in [3.8, 4) is 0 Å². The first-order valence-corrected chi connectivity index (χ1v) is 7.10. The Bertz CT molecular complexity index is 284. The van der Waals surface area contributed by atoms with Crippen LogP contribution in [0, 0.1) is 11.8 Å². The van der Waals surface area contributed by atoms with Gasteiger partial charge in [0.2, 0.25) is 0 Å². The minimum absolute atomic E-state index is 0.132. The number of nitrogens with one attached hydrogen (secondary N) is 1. The summed E-state index contributed by atoms with van der Waals surface area (Å²) in [5.41, 5.74) is 0. The Balaban J connectivity index is 2.85. The van der Waals surface area contributed by atoms with Crippen LogP contribution < -0.4 is 5.32 Å². The molecule has 2 nitrogen and oxygen atoms in total. The quantitative estimate of drug-likeness (QED) is 0.749. The molecule has 0 amide bonds. The lowest BCUT2D eigenvalue weighted by Gasteiger charge is -2.34. The van der Waals surface area contributed by atoms with Gasteiger partial charge in [-0.15, -0.1) is 0 Å². The van der Waals surface area contributed by atoms with Crippen molar-refractivity contribution in [3.05, 3.63) is 0 Å². The molecule has 0 aliphatic carbocycles. The molecular formula is C13H21F6NO. The number of hydrogen-bond acceptors (Lipinski definition) is 2. The van der Waals surface area contributed by atoms with E-state index >= 15 is 0 Å². The first-order valence-electron chi connectivity index (χ1n) is 7.10. The zero-order valence-electron chi connectivity index (χ0n) is 11.9. The molecule has 1 aliphatic rings. The summed E-state index contributed by atoms with van der Waals surface area (Å²) in [4.78, 5) is 0. The van der Waals surface area contributed by atoms with E-state index < -0.39 is 24.3 Å². The summed E-state index contributed by atoms with van der Waals surface area (Å²) in [6, 6.07) is -1.63. The Labute approximate surface area is 120 Å². The van der Waals surface area contributed by atoms with Gasteiger partial charge in [0, 0.05) is 19.3 Å². The van der Waals surface area contributed by atoms with E-state index in [-0.39, 0.29) is 18.9 Å². The Kier molecular flexibility index (Phi) is 6.77. The molecular weight excluding hydrogens is 300 g/mol. The highest BCUT2D eigenvalue weighted by atomic mass is 19.4. The molecule has 0 aromatic carbocycles. The minimum atomic E-state index is -5.30. The second-order valence-corrected chi connectivity index (χ2v) is 5.41. The van der Waals surface area contributed by atoms with Crippen molar-refractivity contribution in [1.29, 1.82) is 0 Å². The van der Waals surface area contributed by atoms with E-state index in [0.717, 1.165) is 0 Å². The largest absolute Gasteiger partial charge is 0.401 e. The number of rotatable bonds is 6. The molecule has 1 saturated heterocycles. The fourth-order valence-corrected chi connectivity index (χ4v) is 2.65. The van der Waals surface area contributed by atoms with Gasteiger partial charge in [0.05, 0.1) is 0 Å². The summed E-state index contributed by atoms with van der Waals surface area (Å²) in [7, 11) is 0. The summed E-state index contributed by atoms with van der Waals surface area (Å²) < 4.78 is 82.3. The molecule has 0 spiro atoms. The molecule has 1 unspecified atom stereocenters. The van der Waals surface area contributed by atoms with Crippen LogP contribution in [-0.4, -0.2) is 38.2 Å². The fourth-order valence-electron chi connectivity index (χ4n) is 2.65. The molecule has 126 valence electrons. The van der Waals surface area contributed by atoms with Gasteiger partial charge in [0.15, 0.2) is 5.92 Å². The molecule has 1 rings (SSSR count). The van der Waals surface area contributed by atoms with E-state index in [4.69, 9.17) is 4.74 Å². The molecule has 0 radical (unpaired) electrons. The van der Waals surface area contributed by atoms with Gasteiger partial charge in [-0.05, 0) is 38.1 Å². The summed E-state index contributed by atoms with van der Waals surface area (Å²) in [5, 5.41) is 2.45. The predicted octanol–water partition coefficient (Wildman–Crippen LogP) is 3.91. The maximum absolute atomic E-state index is 12.9. The van der Waals surface area contributed by atoms with Crippen molar-refractivity contribution in [3.63, 3.8) is 0 Å². The predicted molar refractivity (Wildman–Crippen MR) is 65.8 cm³/mol. The summed E-state index contributed by atoms with van der Waals surface area (Å²) >= 11 is 0. The van der Waals surface area contributed by atoms with E-state index in [0.29, 0.717) is 32.5 Å². The normalized spacial score (nSPS) is 20.0. The lowest BCUT2D eigenvalue weighted by Crippen LogP contribution is -2.52. The summed E-state index contributed by atoms with van der Waals surface area (Å²) in [6.07, 6.45) is -9.23. The molecule has 0 aromatic heterocycles. The van der Waals surface area contributed by atoms with Crippen LogP contribution in [0.5, 0.6) is 0 Å². The summed E-state index contributed by atoms with van der Waals surface area (Å²) in [6.45, 7) is 2.63. The number of alkyl halides is 6. The Morgan fingerprint density at radius 3 is 2.00 bits per heavy atom. The van der Waals surface area contributed by atoms with Gasteiger partial charge in [0.25, 0.3) is 0 Å². The molecule has 1 fully saturated rings. The molecule has 1 aliphatic heterocycles. The molecule has 21 heavy (non-hydrogen) atoms. The third-order valence-corrected chi connectivity index (χ3v) is 3.69. The second-order valence-electron chi connectivity index (χ2n) is 5.41. The van der Waals surface area contributed by atoms with Crippen LogP contribution in [0.4, 0.5) is 26.3 Å². The minimum Gasteiger partial charge on any atom is -0.381 e. The van der Waals surface area contributed by atoms with Crippen LogP contribution >= 0.6 is 0 Å².